The Balaban J connectivity index is 2.17. The van der Waals surface area contributed by atoms with E-state index in [1.807, 2.05) is 52.0 Å². The Hall–Kier alpha value is -1.92. The van der Waals surface area contributed by atoms with Crippen LogP contribution in [0.5, 0.6) is 0 Å². The summed E-state index contributed by atoms with van der Waals surface area (Å²) in [6, 6.07) is 14.0. The van der Waals surface area contributed by atoms with Crippen LogP contribution < -0.4 is 5.32 Å². The van der Waals surface area contributed by atoms with Crippen molar-refractivity contribution < 1.29 is 18.5 Å². The van der Waals surface area contributed by atoms with Gasteiger partial charge in [0.2, 0.25) is 0 Å². The van der Waals surface area contributed by atoms with E-state index in [0.29, 0.717) is 36.4 Å². The maximum Gasteiger partial charge on any atom is 0.353 e. The molecule has 1 N–H and O–H groups in total. The van der Waals surface area contributed by atoms with Crippen LogP contribution in [0.2, 0.25) is 5.02 Å². The van der Waals surface area contributed by atoms with Crippen molar-refractivity contribution in [2.45, 2.75) is 103 Å². The molecule has 210 valence electrons. The molecule has 2 aromatic rings. The molecule has 0 radical (unpaired) electrons. The van der Waals surface area contributed by atoms with Crippen molar-refractivity contribution in [1.29, 1.82) is 0 Å². The lowest BCUT2D eigenvalue weighted by atomic mass is 9.84. The van der Waals surface area contributed by atoms with Crippen molar-refractivity contribution in [2.24, 2.45) is 5.92 Å². The number of anilines is 1. The predicted octanol–water partition coefficient (Wildman–Crippen LogP) is 9.56. The summed E-state index contributed by atoms with van der Waals surface area (Å²) in [6.07, 6.45) is 6.69. The highest BCUT2D eigenvalue weighted by Crippen LogP contribution is 2.62. The average molecular weight is 565 g/mol. The molecule has 1 saturated carbocycles. The number of nitrogens with zero attached hydrogens (tertiary/aromatic N) is 1. The number of non-ortho nitro benzene ring substituents is 1. The number of nitrogens with one attached hydrogen (secondary N) is 1. The molecule has 0 heterocycles. The first-order valence-corrected chi connectivity index (χ1v) is 16.0. The summed E-state index contributed by atoms with van der Waals surface area (Å²) in [7, 11) is -3.77. The molecule has 1 fully saturated rings. The Morgan fingerprint density at radius 2 is 1.42 bits per heavy atom. The molecule has 0 spiro atoms. The first kappa shape index (κ1) is 30.6. The monoisotopic (exact) mass is 564 g/mol. The largest absolute Gasteiger partial charge is 0.371 e. The Kier molecular flexibility index (Phi) is 11.7. The highest BCUT2D eigenvalue weighted by molar-refractivity contribution is 7.54. The summed E-state index contributed by atoms with van der Waals surface area (Å²) < 4.78 is 28.1. The zero-order chi connectivity index (χ0) is 27.7. The minimum Gasteiger partial charge on any atom is -0.371 e. The number of benzene rings is 2. The maximum atomic E-state index is 15.1. The molecule has 2 atom stereocenters. The third kappa shape index (κ3) is 7.81. The maximum absolute atomic E-state index is 15.1. The van der Waals surface area contributed by atoms with E-state index in [-0.39, 0.29) is 29.7 Å². The fraction of sp³-hybridized carbons (Fsp3) is 0.586. The third-order valence-electron chi connectivity index (χ3n) is 7.65. The van der Waals surface area contributed by atoms with Gasteiger partial charge in [-0.25, -0.2) is 0 Å². The number of hydrogen-bond acceptors (Lipinski definition) is 6. The summed E-state index contributed by atoms with van der Waals surface area (Å²) in [4.78, 5) is 10.8. The molecule has 9 heteroatoms. The second-order valence-electron chi connectivity index (χ2n) is 10.1. The van der Waals surface area contributed by atoms with Gasteiger partial charge < -0.3 is 14.4 Å². The normalized spacial score (nSPS) is 16.2. The molecule has 0 aromatic heterocycles. The molecule has 7 nitrogen and oxygen atoms in total. The lowest BCUT2D eigenvalue weighted by Crippen LogP contribution is -2.35. The van der Waals surface area contributed by atoms with Crippen molar-refractivity contribution >= 4 is 30.6 Å². The molecule has 0 saturated heterocycles. The summed E-state index contributed by atoms with van der Waals surface area (Å²) >= 11 is 6.25. The van der Waals surface area contributed by atoms with Gasteiger partial charge in [0, 0.05) is 28.8 Å². The van der Waals surface area contributed by atoms with Crippen molar-refractivity contribution in [3.8, 4) is 0 Å². The highest BCUT2D eigenvalue weighted by atomic mass is 35.5. The van der Waals surface area contributed by atoms with Crippen LogP contribution in [0.4, 0.5) is 11.4 Å². The summed E-state index contributed by atoms with van der Waals surface area (Å²) in [5, 5.41) is 15.4. The lowest BCUT2D eigenvalue weighted by molar-refractivity contribution is -0.384. The van der Waals surface area contributed by atoms with Crippen molar-refractivity contribution in [1.82, 2.24) is 0 Å². The topological polar surface area (TPSA) is 90.7 Å². The Labute approximate surface area is 232 Å². The van der Waals surface area contributed by atoms with Gasteiger partial charge in [-0.2, -0.15) is 0 Å². The standard InChI is InChI=1S/C29H42ClN2O5P/c1-5-26(6-2)36-38(35,37-27(7-3)8-4)29(31-24-17-19-25(20-18-24)32(33)34)28(21-11-9-10-12-21)22-13-15-23(30)16-14-22/h13-21,26-29,31H,5-12H2,1-4H3/t28-,29-/m1/s1. The second kappa shape index (κ2) is 14.5. The van der Waals surface area contributed by atoms with E-state index in [4.69, 9.17) is 20.6 Å². The zero-order valence-corrected chi connectivity index (χ0v) is 24.6. The van der Waals surface area contributed by atoms with Gasteiger partial charge in [-0.15, -0.1) is 0 Å². The fourth-order valence-corrected chi connectivity index (χ4v) is 8.36. The molecule has 2 aromatic carbocycles. The van der Waals surface area contributed by atoms with E-state index >= 15 is 4.57 Å². The van der Waals surface area contributed by atoms with Crippen LogP contribution in [0.25, 0.3) is 0 Å². The van der Waals surface area contributed by atoms with Crippen LogP contribution in [0, 0.1) is 16.0 Å². The van der Waals surface area contributed by atoms with Gasteiger partial charge >= 0.3 is 7.60 Å². The molecule has 1 aliphatic carbocycles. The Morgan fingerprint density at radius 3 is 1.87 bits per heavy atom. The SMILES string of the molecule is CCC(CC)OP(=O)(OC(CC)CC)[C@@H](Nc1ccc([N+](=O)[O-])cc1)[C@@H](c1ccc(Cl)cc1)C1CCCC1. The molecule has 38 heavy (non-hydrogen) atoms. The fourth-order valence-electron chi connectivity index (χ4n) is 5.38. The van der Waals surface area contributed by atoms with Crippen molar-refractivity contribution in [3.05, 3.63) is 69.2 Å². The minimum absolute atomic E-state index is 0.00175. The first-order chi connectivity index (χ1) is 18.2. The van der Waals surface area contributed by atoms with E-state index in [9.17, 15) is 10.1 Å². The quantitative estimate of drug-likeness (QED) is 0.131. The average Bonchev–Trinajstić information content (AvgIpc) is 3.46. The van der Waals surface area contributed by atoms with Gasteiger partial charge in [-0.05, 0) is 74.3 Å². The Bertz CT molecular complexity index is 1030. The van der Waals surface area contributed by atoms with Crippen LogP contribution in [0.15, 0.2) is 48.5 Å². The van der Waals surface area contributed by atoms with Gasteiger partial charge in [0.15, 0.2) is 0 Å². The van der Waals surface area contributed by atoms with E-state index in [1.165, 1.54) is 12.1 Å². The second-order valence-corrected chi connectivity index (χ2v) is 12.6. The van der Waals surface area contributed by atoms with Gasteiger partial charge in [-0.3, -0.25) is 14.7 Å². The van der Waals surface area contributed by atoms with Crippen molar-refractivity contribution in [3.63, 3.8) is 0 Å². The number of rotatable bonds is 15. The van der Waals surface area contributed by atoms with E-state index in [1.54, 1.807) is 12.1 Å². The zero-order valence-electron chi connectivity index (χ0n) is 23.0. The molecule has 0 bridgehead atoms. The van der Waals surface area contributed by atoms with E-state index in [0.717, 1.165) is 31.2 Å². The molecule has 0 aliphatic heterocycles. The third-order valence-corrected chi connectivity index (χ3v) is 10.2. The number of halogens is 1. The van der Waals surface area contributed by atoms with Crippen LogP contribution in [-0.2, 0) is 13.6 Å². The predicted molar refractivity (Wildman–Crippen MR) is 155 cm³/mol. The minimum atomic E-state index is -3.77. The smallest absolute Gasteiger partial charge is 0.353 e. The van der Waals surface area contributed by atoms with Crippen LogP contribution in [0.3, 0.4) is 0 Å². The van der Waals surface area contributed by atoms with E-state index < -0.39 is 18.3 Å². The number of hydrogen-bond donors (Lipinski definition) is 1. The molecule has 0 amide bonds. The van der Waals surface area contributed by atoms with Crippen LogP contribution in [-0.4, -0.2) is 22.9 Å². The van der Waals surface area contributed by atoms with Crippen LogP contribution in [0.1, 0.15) is 90.5 Å². The summed E-state index contributed by atoms with van der Waals surface area (Å²) in [6.45, 7) is 8.12. The molecular formula is C29H42ClN2O5P. The molecule has 0 unspecified atom stereocenters. The van der Waals surface area contributed by atoms with Crippen molar-refractivity contribution in [2.75, 3.05) is 5.32 Å². The number of nitro groups is 1. The first-order valence-electron chi connectivity index (χ1n) is 14.0. The van der Waals surface area contributed by atoms with E-state index in [2.05, 4.69) is 5.32 Å². The lowest BCUT2D eigenvalue weighted by Gasteiger charge is -2.39. The molecule has 3 rings (SSSR count). The van der Waals surface area contributed by atoms with Gasteiger partial charge in [0.25, 0.3) is 5.69 Å². The Morgan fingerprint density at radius 1 is 0.921 bits per heavy atom. The summed E-state index contributed by atoms with van der Waals surface area (Å²) in [5.41, 5.74) is 1.67. The van der Waals surface area contributed by atoms with Gasteiger partial charge in [0.1, 0.15) is 5.78 Å². The highest BCUT2D eigenvalue weighted by Gasteiger charge is 2.47. The van der Waals surface area contributed by atoms with Gasteiger partial charge in [-0.1, -0.05) is 64.3 Å². The van der Waals surface area contributed by atoms with Gasteiger partial charge in [0.05, 0.1) is 17.1 Å². The number of nitro benzene ring substituents is 1. The molecule has 1 aliphatic rings. The molecular weight excluding hydrogens is 523 g/mol. The summed E-state index contributed by atoms with van der Waals surface area (Å²) in [5.74, 6) is -0.579. The van der Waals surface area contributed by atoms with Crippen LogP contribution >= 0.6 is 19.2 Å².